The molecule has 0 aromatic heterocycles. The first kappa shape index (κ1) is 22.2. The normalized spacial score (nSPS) is 11.3. The van der Waals surface area contributed by atoms with E-state index >= 15 is 0 Å². The van der Waals surface area contributed by atoms with Crippen LogP contribution in [0, 0.1) is 13.8 Å². The van der Waals surface area contributed by atoms with Gasteiger partial charge in [-0.15, -0.1) is 0 Å². The molecule has 0 unspecified atom stereocenters. The Kier molecular flexibility index (Phi) is 8.03. The number of hydrogen-bond donors (Lipinski definition) is 3. The zero-order valence-corrected chi connectivity index (χ0v) is 17.3. The van der Waals surface area contributed by atoms with Gasteiger partial charge >= 0.3 is 0 Å². The molecule has 7 nitrogen and oxygen atoms in total. The number of nitrogens with one attached hydrogen (secondary N) is 3. The van der Waals surface area contributed by atoms with Crippen LogP contribution in [0.2, 0.25) is 5.02 Å². The number of rotatable bonds is 7. The van der Waals surface area contributed by atoms with E-state index in [0.717, 1.165) is 16.7 Å². The maximum atomic E-state index is 12.2. The van der Waals surface area contributed by atoms with Crippen molar-refractivity contribution < 1.29 is 19.1 Å². The van der Waals surface area contributed by atoms with Crippen LogP contribution >= 0.6 is 11.6 Å². The van der Waals surface area contributed by atoms with Crippen LogP contribution in [0.4, 0.5) is 0 Å². The first-order valence-corrected chi connectivity index (χ1v) is 9.42. The molecule has 0 bridgehead atoms. The molecular formula is C21H24ClN3O4. The number of hydrogen-bond acceptors (Lipinski definition) is 4. The summed E-state index contributed by atoms with van der Waals surface area (Å²) in [5.41, 5.74) is 7.31. The van der Waals surface area contributed by atoms with Crippen LogP contribution in [0.25, 0.3) is 0 Å². The summed E-state index contributed by atoms with van der Waals surface area (Å²) in [6.45, 7) is 4.88. The molecule has 0 aliphatic carbocycles. The summed E-state index contributed by atoms with van der Waals surface area (Å²) in [4.78, 5) is 35.6. The minimum absolute atomic E-state index is 0.0277. The third-order valence-corrected chi connectivity index (χ3v) is 4.32. The van der Waals surface area contributed by atoms with Crippen LogP contribution < -0.4 is 20.9 Å². The molecular weight excluding hydrogens is 394 g/mol. The SMILES string of the molecule is CC(=O)N[C@H](CC(=O)NNC(=O)COc1ccc(Cl)cc1C)c1ccc(C)cc1. The zero-order chi connectivity index (χ0) is 21.4. The molecule has 2 aromatic carbocycles. The van der Waals surface area contributed by atoms with E-state index in [9.17, 15) is 14.4 Å². The van der Waals surface area contributed by atoms with E-state index in [-0.39, 0.29) is 18.9 Å². The summed E-state index contributed by atoms with van der Waals surface area (Å²) in [5.74, 6) is -0.681. The predicted octanol–water partition coefficient (Wildman–Crippen LogP) is 2.75. The highest BCUT2D eigenvalue weighted by atomic mass is 35.5. The third kappa shape index (κ3) is 7.46. The molecule has 0 radical (unpaired) electrons. The maximum Gasteiger partial charge on any atom is 0.276 e. The lowest BCUT2D eigenvalue weighted by molar-refractivity contribution is -0.130. The largest absolute Gasteiger partial charge is 0.483 e. The van der Waals surface area contributed by atoms with E-state index in [0.29, 0.717) is 10.8 Å². The molecule has 0 aliphatic heterocycles. The number of aryl methyl sites for hydroxylation is 2. The number of hydrazine groups is 1. The number of ether oxygens (including phenoxy) is 1. The van der Waals surface area contributed by atoms with Crippen molar-refractivity contribution in [2.45, 2.75) is 33.2 Å². The van der Waals surface area contributed by atoms with E-state index in [2.05, 4.69) is 16.2 Å². The molecule has 0 heterocycles. The van der Waals surface area contributed by atoms with Gasteiger partial charge in [0.25, 0.3) is 5.91 Å². The van der Waals surface area contributed by atoms with E-state index in [1.165, 1.54) is 6.92 Å². The molecule has 8 heteroatoms. The first-order chi connectivity index (χ1) is 13.7. The molecule has 2 aromatic rings. The second kappa shape index (κ2) is 10.5. The van der Waals surface area contributed by atoms with E-state index in [1.807, 2.05) is 38.1 Å². The van der Waals surface area contributed by atoms with Crippen LogP contribution in [-0.2, 0) is 14.4 Å². The molecule has 154 valence electrons. The molecule has 0 fully saturated rings. The van der Waals surface area contributed by atoms with Crippen molar-refractivity contribution >= 4 is 29.3 Å². The molecule has 0 saturated carbocycles. The zero-order valence-electron chi connectivity index (χ0n) is 16.5. The van der Waals surface area contributed by atoms with Crippen molar-refractivity contribution in [3.63, 3.8) is 0 Å². The van der Waals surface area contributed by atoms with Crippen molar-refractivity contribution in [3.05, 3.63) is 64.2 Å². The van der Waals surface area contributed by atoms with Gasteiger partial charge in [0.15, 0.2) is 6.61 Å². The van der Waals surface area contributed by atoms with E-state index in [1.54, 1.807) is 18.2 Å². The van der Waals surface area contributed by atoms with Gasteiger partial charge in [-0.2, -0.15) is 0 Å². The maximum absolute atomic E-state index is 12.2. The number of carbonyl (C=O) groups is 3. The highest BCUT2D eigenvalue weighted by Gasteiger charge is 2.17. The standard InChI is InChI=1S/C21H24ClN3O4/c1-13-4-6-16(7-5-13)18(23-15(3)26)11-20(27)24-25-21(28)12-29-19-9-8-17(22)10-14(19)2/h4-10,18H,11-12H2,1-3H3,(H,23,26)(H,24,27)(H,25,28)/t18-/m1/s1. The summed E-state index contributed by atoms with van der Waals surface area (Å²) >= 11 is 5.88. The molecule has 0 saturated heterocycles. The van der Waals surface area contributed by atoms with Gasteiger partial charge in [-0.3, -0.25) is 25.2 Å². The summed E-state index contributed by atoms with van der Waals surface area (Å²) in [6, 6.07) is 12.1. The average molecular weight is 418 g/mol. The quantitative estimate of drug-likeness (QED) is 0.603. The smallest absolute Gasteiger partial charge is 0.276 e. The number of amides is 3. The van der Waals surface area contributed by atoms with Crippen LogP contribution in [0.15, 0.2) is 42.5 Å². The average Bonchev–Trinajstić information content (AvgIpc) is 2.65. The lowest BCUT2D eigenvalue weighted by atomic mass is 10.0. The van der Waals surface area contributed by atoms with Gasteiger partial charge in [-0.05, 0) is 43.2 Å². The fraction of sp³-hybridized carbons (Fsp3) is 0.286. The Morgan fingerprint density at radius 1 is 1.00 bits per heavy atom. The second-order valence-corrected chi connectivity index (χ2v) is 7.10. The fourth-order valence-electron chi connectivity index (χ4n) is 2.63. The van der Waals surface area contributed by atoms with Crippen LogP contribution in [-0.4, -0.2) is 24.3 Å². The minimum atomic E-state index is -0.515. The lowest BCUT2D eigenvalue weighted by Gasteiger charge is -2.18. The van der Waals surface area contributed by atoms with Crippen LogP contribution in [0.1, 0.15) is 36.1 Å². The van der Waals surface area contributed by atoms with Gasteiger partial charge in [0, 0.05) is 11.9 Å². The topological polar surface area (TPSA) is 96.5 Å². The summed E-state index contributed by atoms with van der Waals surface area (Å²) in [7, 11) is 0. The van der Waals surface area contributed by atoms with Gasteiger partial charge < -0.3 is 10.1 Å². The monoisotopic (exact) mass is 417 g/mol. The van der Waals surface area contributed by atoms with Crippen molar-refractivity contribution in [2.24, 2.45) is 0 Å². The van der Waals surface area contributed by atoms with Crippen LogP contribution in [0.3, 0.4) is 0 Å². The molecule has 0 spiro atoms. The molecule has 1 atom stereocenters. The second-order valence-electron chi connectivity index (χ2n) is 6.66. The van der Waals surface area contributed by atoms with Crippen molar-refractivity contribution in [1.29, 1.82) is 0 Å². The van der Waals surface area contributed by atoms with Crippen molar-refractivity contribution in [1.82, 2.24) is 16.2 Å². The van der Waals surface area contributed by atoms with Crippen molar-refractivity contribution in [2.75, 3.05) is 6.61 Å². The molecule has 0 aliphatic rings. The molecule has 3 amide bonds. The minimum Gasteiger partial charge on any atom is -0.483 e. The molecule has 29 heavy (non-hydrogen) atoms. The first-order valence-electron chi connectivity index (χ1n) is 9.05. The Balaban J connectivity index is 1.85. The van der Waals surface area contributed by atoms with Gasteiger partial charge in [0.05, 0.1) is 12.5 Å². The Labute approximate surface area is 174 Å². The van der Waals surface area contributed by atoms with Gasteiger partial charge in [0.1, 0.15) is 5.75 Å². The Morgan fingerprint density at radius 2 is 1.66 bits per heavy atom. The number of carbonyl (C=O) groups excluding carboxylic acids is 3. The highest BCUT2D eigenvalue weighted by molar-refractivity contribution is 6.30. The van der Waals surface area contributed by atoms with E-state index in [4.69, 9.17) is 16.3 Å². The lowest BCUT2D eigenvalue weighted by Crippen LogP contribution is -2.45. The summed E-state index contributed by atoms with van der Waals surface area (Å²) in [6.07, 6.45) is -0.0277. The van der Waals surface area contributed by atoms with Crippen LogP contribution in [0.5, 0.6) is 5.75 Å². The third-order valence-electron chi connectivity index (χ3n) is 4.08. The highest BCUT2D eigenvalue weighted by Crippen LogP contribution is 2.21. The molecule has 3 N–H and O–H groups in total. The summed E-state index contributed by atoms with van der Waals surface area (Å²) < 4.78 is 5.42. The fourth-order valence-corrected chi connectivity index (χ4v) is 2.85. The number of halogens is 1. The Bertz CT molecular complexity index is 884. The van der Waals surface area contributed by atoms with Crippen molar-refractivity contribution in [3.8, 4) is 5.75 Å². The predicted molar refractivity (Wildman–Crippen MR) is 110 cm³/mol. The molecule has 2 rings (SSSR count). The van der Waals surface area contributed by atoms with Gasteiger partial charge in [-0.1, -0.05) is 41.4 Å². The van der Waals surface area contributed by atoms with E-state index < -0.39 is 17.9 Å². The number of benzene rings is 2. The Hall–Kier alpha value is -3.06. The van der Waals surface area contributed by atoms with Gasteiger partial charge in [-0.25, -0.2) is 0 Å². The van der Waals surface area contributed by atoms with Gasteiger partial charge in [0.2, 0.25) is 11.8 Å². The summed E-state index contributed by atoms with van der Waals surface area (Å²) in [5, 5.41) is 3.32. The Morgan fingerprint density at radius 3 is 2.28 bits per heavy atom.